The van der Waals surface area contributed by atoms with Gasteiger partial charge in [-0.25, -0.2) is 0 Å². The van der Waals surface area contributed by atoms with Crippen molar-refractivity contribution in [2.75, 3.05) is 5.32 Å². The Morgan fingerprint density at radius 3 is 2.80 bits per heavy atom. The van der Waals surface area contributed by atoms with E-state index in [4.69, 9.17) is 5.26 Å². The molecule has 0 atom stereocenters. The lowest BCUT2D eigenvalue weighted by molar-refractivity contribution is -0.905. The summed E-state index contributed by atoms with van der Waals surface area (Å²) >= 11 is 0. The molecule has 1 aromatic heterocycles. The molecule has 20 heavy (non-hydrogen) atoms. The van der Waals surface area contributed by atoms with Crippen molar-refractivity contribution in [1.29, 1.82) is 5.26 Å². The summed E-state index contributed by atoms with van der Waals surface area (Å²) in [4.78, 5) is 11.2. The molecule has 0 radical (unpaired) electrons. The Labute approximate surface area is 116 Å². The quantitative estimate of drug-likeness (QED) is 0.656. The first-order chi connectivity index (χ1) is 9.60. The minimum Gasteiger partial charge on any atom is -0.326 e. The maximum absolute atomic E-state index is 11.2. The van der Waals surface area contributed by atoms with Crippen LogP contribution in [0.4, 0.5) is 5.69 Å². The van der Waals surface area contributed by atoms with E-state index in [1.807, 2.05) is 18.2 Å². The number of aromatic nitrogens is 1. The Kier molecular flexibility index (Phi) is 3.96. The number of nitrogens with zero attached hydrogens (tertiary/aromatic N) is 2. The molecule has 2 N–H and O–H groups in total. The third kappa shape index (κ3) is 3.12. The van der Waals surface area contributed by atoms with Gasteiger partial charge in [-0.3, -0.25) is 10.0 Å². The van der Waals surface area contributed by atoms with Crippen LogP contribution in [0.2, 0.25) is 0 Å². The lowest BCUT2D eigenvalue weighted by Crippen LogP contribution is -2.29. The van der Waals surface area contributed by atoms with Crippen LogP contribution in [-0.2, 0) is 11.2 Å². The van der Waals surface area contributed by atoms with Crippen LogP contribution < -0.4 is 10.0 Å². The summed E-state index contributed by atoms with van der Waals surface area (Å²) in [7, 11) is 0. The van der Waals surface area contributed by atoms with Crippen molar-refractivity contribution in [2.24, 2.45) is 0 Å². The molecule has 0 unspecified atom stereocenters. The van der Waals surface area contributed by atoms with E-state index in [9.17, 15) is 10.0 Å². The maximum Gasteiger partial charge on any atom is 0.227 e. The van der Waals surface area contributed by atoms with E-state index in [0.717, 1.165) is 10.3 Å². The molecular formula is C15H14N3O2+. The second-order valence-corrected chi connectivity index (χ2v) is 4.39. The lowest BCUT2D eigenvalue weighted by atomic mass is 10.0. The highest BCUT2D eigenvalue weighted by Gasteiger charge is 2.12. The molecule has 0 aliphatic rings. The minimum absolute atomic E-state index is 0.150. The lowest BCUT2D eigenvalue weighted by Gasteiger charge is -2.09. The Balaban J connectivity index is 2.38. The molecule has 1 amide bonds. The normalized spacial score (nSPS) is 9.80. The second-order valence-electron chi connectivity index (χ2n) is 4.39. The number of nitriles is 1. The summed E-state index contributed by atoms with van der Waals surface area (Å²) in [5, 5.41) is 21.3. The van der Waals surface area contributed by atoms with Crippen molar-refractivity contribution in [3.63, 3.8) is 0 Å². The van der Waals surface area contributed by atoms with Gasteiger partial charge in [0.25, 0.3) is 0 Å². The number of amides is 1. The van der Waals surface area contributed by atoms with E-state index in [2.05, 4.69) is 11.4 Å². The van der Waals surface area contributed by atoms with Crippen molar-refractivity contribution in [3.8, 4) is 6.07 Å². The van der Waals surface area contributed by atoms with Crippen LogP contribution in [0.15, 0.2) is 42.7 Å². The van der Waals surface area contributed by atoms with Gasteiger partial charge in [0, 0.05) is 35.4 Å². The molecule has 2 rings (SSSR count). The van der Waals surface area contributed by atoms with Crippen molar-refractivity contribution < 1.29 is 14.7 Å². The predicted molar refractivity (Wildman–Crippen MR) is 72.1 cm³/mol. The van der Waals surface area contributed by atoms with Crippen LogP contribution in [0.5, 0.6) is 0 Å². The van der Waals surface area contributed by atoms with E-state index < -0.39 is 0 Å². The molecule has 1 heterocycles. The van der Waals surface area contributed by atoms with E-state index in [-0.39, 0.29) is 5.91 Å². The molecular weight excluding hydrogens is 254 g/mol. The van der Waals surface area contributed by atoms with Crippen LogP contribution in [0.25, 0.3) is 0 Å². The van der Waals surface area contributed by atoms with E-state index in [0.29, 0.717) is 23.2 Å². The molecule has 0 saturated heterocycles. The fraction of sp³-hybridized carbons (Fsp3) is 0.133. The van der Waals surface area contributed by atoms with Gasteiger partial charge in [-0.2, -0.15) is 5.26 Å². The van der Waals surface area contributed by atoms with Crippen LogP contribution in [0.3, 0.4) is 0 Å². The Morgan fingerprint density at radius 2 is 2.10 bits per heavy atom. The van der Waals surface area contributed by atoms with Crippen LogP contribution >= 0.6 is 0 Å². The molecule has 5 nitrogen and oxygen atoms in total. The van der Waals surface area contributed by atoms with Crippen LogP contribution in [0.1, 0.15) is 23.6 Å². The highest BCUT2D eigenvalue weighted by atomic mass is 16.5. The molecule has 2 aromatic rings. The fourth-order valence-corrected chi connectivity index (χ4v) is 1.97. The van der Waals surface area contributed by atoms with E-state index in [1.165, 1.54) is 19.3 Å². The highest BCUT2D eigenvalue weighted by molar-refractivity contribution is 5.89. The van der Waals surface area contributed by atoms with Gasteiger partial charge in [-0.1, -0.05) is 18.2 Å². The Morgan fingerprint density at radius 1 is 1.35 bits per heavy atom. The second kappa shape index (κ2) is 5.85. The van der Waals surface area contributed by atoms with Crippen molar-refractivity contribution >= 4 is 11.6 Å². The number of nitrogens with one attached hydrogen (secondary N) is 1. The summed E-state index contributed by atoms with van der Waals surface area (Å²) < 4.78 is 0.914. The van der Waals surface area contributed by atoms with Crippen molar-refractivity contribution in [2.45, 2.75) is 13.3 Å². The third-order valence-corrected chi connectivity index (χ3v) is 2.86. The zero-order valence-corrected chi connectivity index (χ0v) is 11.0. The van der Waals surface area contributed by atoms with Crippen LogP contribution in [-0.4, -0.2) is 11.1 Å². The van der Waals surface area contributed by atoms with E-state index in [1.54, 1.807) is 12.1 Å². The number of pyridine rings is 1. The molecule has 0 aliphatic carbocycles. The van der Waals surface area contributed by atoms with E-state index >= 15 is 0 Å². The number of hydrogen-bond acceptors (Lipinski definition) is 3. The first-order valence-electron chi connectivity index (χ1n) is 6.09. The third-order valence-electron chi connectivity index (χ3n) is 2.86. The number of rotatable bonds is 3. The van der Waals surface area contributed by atoms with Gasteiger partial charge < -0.3 is 5.32 Å². The largest absolute Gasteiger partial charge is 0.326 e. The first kappa shape index (κ1) is 13.6. The monoisotopic (exact) mass is 268 g/mol. The average Bonchev–Trinajstić information content (AvgIpc) is 2.41. The molecule has 100 valence electrons. The van der Waals surface area contributed by atoms with Gasteiger partial charge >= 0.3 is 0 Å². The molecule has 0 fully saturated rings. The number of carbonyl (C=O) groups is 1. The summed E-state index contributed by atoms with van der Waals surface area (Å²) in [6, 6.07) is 11.0. The SMILES string of the molecule is CC(=O)Nc1ccccc1Cc1c[n+](O)ccc1C#N. The molecule has 0 aliphatic heterocycles. The fourth-order valence-electron chi connectivity index (χ4n) is 1.97. The number of benzene rings is 1. The Hall–Kier alpha value is -2.87. The first-order valence-corrected chi connectivity index (χ1v) is 6.09. The number of anilines is 1. The molecule has 0 bridgehead atoms. The molecule has 1 aromatic carbocycles. The van der Waals surface area contributed by atoms with Gasteiger partial charge in [-0.05, 0) is 11.6 Å². The summed E-state index contributed by atoms with van der Waals surface area (Å²) in [5.41, 5.74) is 2.77. The number of para-hydroxylation sites is 1. The molecule has 0 spiro atoms. The van der Waals surface area contributed by atoms with Crippen molar-refractivity contribution in [1.82, 2.24) is 0 Å². The standard InChI is InChI=1S/C15H13N3O2/c1-11(19)17-15-5-3-2-4-12(15)8-14-10-18(20)7-6-13(14)9-16/h2-7,10H,8H2,1H3,(H-,17,19,20)/p+1. The molecule has 0 saturated carbocycles. The maximum atomic E-state index is 11.2. The summed E-state index contributed by atoms with van der Waals surface area (Å²) in [6.45, 7) is 1.45. The topological polar surface area (TPSA) is 77.0 Å². The van der Waals surface area contributed by atoms with Crippen LogP contribution in [0, 0.1) is 11.3 Å². The summed E-state index contributed by atoms with van der Waals surface area (Å²) in [5.74, 6) is -0.150. The predicted octanol–water partition coefficient (Wildman–Crippen LogP) is 1.63. The van der Waals surface area contributed by atoms with Gasteiger partial charge in [0.15, 0.2) is 0 Å². The number of hydrogen-bond donors (Lipinski definition) is 2. The van der Waals surface area contributed by atoms with Gasteiger partial charge in [0.05, 0.1) is 11.6 Å². The van der Waals surface area contributed by atoms with Gasteiger partial charge in [0.1, 0.15) is 0 Å². The zero-order valence-electron chi connectivity index (χ0n) is 11.0. The van der Waals surface area contributed by atoms with Crippen molar-refractivity contribution in [3.05, 3.63) is 59.4 Å². The summed E-state index contributed by atoms with van der Waals surface area (Å²) in [6.07, 6.45) is 3.34. The average molecular weight is 268 g/mol. The molecule has 5 heteroatoms. The Bertz CT molecular complexity index is 690. The minimum atomic E-state index is -0.150. The highest BCUT2D eigenvalue weighted by Crippen LogP contribution is 2.20. The zero-order chi connectivity index (χ0) is 14.5. The van der Waals surface area contributed by atoms with Gasteiger partial charge in [0.2, 0.25) is 18.3 Å². The number of carbonyl (C=O) groups excluding carboxylic acids is 1. The smallest absolute Gasteiger partial charge is 0.227 e. The van der Waals surface area contributed by atoms with Gasteiger partial charge in [-0.15, -0.1) is 0 Å².